The van der Waals surface area contributed by atoms with Gasteiger partial charge in [-0.1, -0.05) is 5.67 Å². The molecule has 0 N–H and O–H groups in total. The van der Waals surface area contributed by atoms with Crippen LogP contribution in [0.15, 0.2) is 0 Å². The van der Waals surface area contributed by atoms with Gasteiger partial charge >= 0.3 is 0 Å². The zero-order chi connectivity index (χ0) is 8.69. The van der Waals surface area contributed by atoms with Gasteiger partial charge in [-0.15, -0.1) is 23.2 Å². The van der Waals surface area contributed by atoms with Crippen LogP contribution in [-0.2, 0) is 0 Å². The molecule has 0 aliphatic heterocycles. The van der Waals surface area contributed by atoms with E-state index in [4.69, 9.17) is 23.2 Å². The van der Waals surface area contributed by atoms with E-state index < -0.39 is 0 Å². The lowest BCUT2D eigenvalue weighted by molar-refractivity contribution is 1.07. The number of hydrogen-bond acceptors (Lipinski definition) is 0. The monoisotopic (exact) mass is 228 g/mol. The highest BCUT2D eigenvalue weighted by Crippen LogP contribution is 2.04. The largest absolute Gasteiger partial charge is 0.124 e. The van der Waals surface area contributed by atoms with Gasteiger partial charge in [-0.25, -0.2) is 0 Å². The van der Waals surface area contributed by atoms with Gasteiger partial charge in [0.1, 0.15) is 0 Å². The smallest absolute Gasteiger partial charge is 0.0279 e. The van der Waals surface area contributed by atoms with Gasteiger partial charge in [0.25, 0.3) is 0 Å². The quantitative estimate of drug-likeness (QED) is 0.370. The number of alkyl halides is 2. The van der Waals surface area contributed by atoms with Gasteiger partial charge in [0.2, 0.25) is 0 Å². The van der Waals surface area contributed by atoms with Crippen molar-refractivity contribution in [3.8, 4) is 0 Å². The van der Waals surface area contributed by atoms with E-state index in [1.54, 1.807) is 5.67 Å². The Labute approximate surface area is 84.7 Å². The van der Waals surface area contributed by atoms with Gasteiger partial charge in [-0.3, -0.25) is 0 Å². The van der Waals surface area contributed by atoms with Crippen molar-refractivity contribution in [2.75, 3.05) is 0 Å². The van der Waals surface area contributed by atoms with Crippen LogP contribution < -0.4 is 0 Å². The van der Waals surface area contributed by atoms with Gasteiger partial charge in [-0.05, 0) is 25.9 Å². The molecule has 0 aromatic carbocycles. The standard InChI is InChI=1S/C7H18Cl2Si2/c1-6(8)3-10-5-11-4-7(2)9/h6-7H,3-5,10-11H2,1-2H3. The Kier molecular flexibility index (Phi) is 8.36. The molecule has 0 aromatic rings. The van der Waals surface area contributed by atoms with Crippen molar-refractivity contribution in [1.82, 2.24) is 0 Å². The summed E-state index contributed by atoms with van der Waals surface area (Å²) in [4.78, 5) is 0. The molecule has 0 aliphatic carbocycles. The first-order chi connectivity index (χ1) is 5.13. The summed E-state index contributed by atoms with van der Waals surface area (Å²) in [6.45, 7) is 4.20. The van der Waals surface area contributed by atoms with Gasteiger partial charge in [0.05, 0.1) is 0 Å². The maximum atomic E-state index is 5.84. The molecule has 0 spiro atoms. The summed E-state index contributed by atoms with van der Waals surface area (Å²) in [6.07, 6.45) is 0. The van der Waals surface area contributed by atoms with Gasteiger partial charge in [0.15, 0.2) is 0 Å². The fraction of sp³-hybridized carbons (Fsp3) is 1.00. The third-order valence-corrected chi connectivity index (χ3v) is 9.42. The highest BCUT2D eigenvalue weighted by Gasteiger charge is 1.99. The van der Waals surface area contributed by atoms with Crippen LogP contribution in [0.2, 0.25) is 17.8 Å². The minimum absolute atomic E-state index is 0.192. The molecule has 0 saturated heterocycles. The van der Waals surface area contributed by atoms with E-state index in [1.165, 1.54) is 12.1 Å². The lowest BCUT2D eigenvalue weighted by atomic mass is 10.6. The molecule has 0 amide bonds. The topological polar surface area (TPSA) is 0 Å². The van der Waals surface area contributed by atoms with Crippen LogP contribution in [0, 0.1) is 0 Å². The molecular weight excluding hydrogens is 211 g/mol. The van der Waals surface area contributed by atoms with Crippen LogP contribution in [0.1, 0.15) is 13.8 Å². The van der Waals surface area contributed by atoms with Crippen molar-refractivity contribution in [2.45, 2.75) is 42.4 Å². The molecule has 0 aromatic heterocycles. The van der Waals surface area contributed by atoms with Crippen LogP contribution in [0.5, 0.6) is 0 Å². The highest BCUT2D eigenvalue weighted by molar-refractivity contribution is 6.57. The molecule has 0 nitrogen and oxygen atoms in total. The first-order valence-corrected chi connectivity index (χ1v) is 9.28. The maximum absolute atomic E-state index is 5.84. The molecule has 0 bridgehead atoms. The van der Waals surface area contributed by atoms with Crippen LogP contribution in [0.3, 0.4) is 0 Å². The fourth-order valence-electron chi connectivity index (χ4n) is 1.03. The van der Waals surface area contributed by atoms with Crippen LogP contribution >= 0.6 is 23.2 Å². The predicted molar refractivity (Wildman–Crippen MR) is 62.1 cm³/mol. The van der Waals surface area contributed by atoms with E-state index in [-0.39, 0.29) is 19.0 Å². The summed E-state index contributed by atoms with van der Waals surface area (Å²) < 4.78 is 0. The second kappa shape index (κ2) is 7.65. The summed E-state index contributed by atoms with van der Waals surface area (Å²) in [6, 6.07) is 2.62. The predicted octanol–water partition coefficient (Wildman–Crippen LogP) is 1.79. The van der Waals surface area contributed by atoms with Crippen molar-refractivity contribution in [1.29, 1.82) is 0 Å². The van der Waals surface area contributed by atoms with E-state index in [9.17, 15) is 0 Å². The molecular formula is C7H18Cl2Si2. The van der Waals surface area contributed by atoms with Crippen molar-refractivity contribution in [3.63, 3.8) is 0 Å². The lowest BCUT2D eigenvalue weighted by Gasteiger charge is -2.02. The van der Waals surface area contributed by atoms with Crippen LogP contribution in [0.25, 0.3) is 0 Å². The first-order valence-electron chi connectivity index (χ1n) is 4.41. The molecule has 2 atom stereocenters. The average molecular weight is 229 g/mol. The number of rotatable bonds is 6. The Bertz CT molecular complexity index is 76.5. The van der Waals surface area contributed by atoms with Gasteiger partial charge in [-0.2, -0.15) is 0 Å². The summed E-state index contributed by atoms with van der Waals surface area (Å²) in [5.41, 5.74) is 1.55. The van der Waals surface area contributed by atoms with E-state index in [1.807, 2.05) is 0 Å². The Morgan fingerprint density at radius 2 is 1.36 bits per heavy atom. The minimum atomic E-state index is 0.192. The number of hydrogen-bond donors (Lipinski definition) is 0. The molecule has 0 fully saturated rings. The summed E-state index contributed by atoms with van der Waals surface area (Å²) in [5.74, 6) is 0. The normalized spacial score (nSPS) is 18.5. The summed E-state index contributed by atoms with van der Waals surface area (Å²) in [5, 5.41) is 0.841. The van der Waals surface area contributed by atoms with Crippen molar-refractivity contribution >= 4 is 42.2 Å². The molecule has 0 rings (SSSR count). The highest BCUT2D eigenvalue weighted by atomic mass is 35.5. The SMILES string of the molecule is CC(Cl)C[SiH2]C[SiH2]CC(C)Cl. The third-order valence-electron chi connectivity index (χ3n) is 1.70. The van der Waals surface area contributed by atoms with E-state index in [0.29, 0.717) is 10.8 Å². The van der Waals surface area contributed by atoms with Gasteiger partial charge < -0.3 is 0 Å². The summed E-state index contributed by atoms with van der Waals surface area (Å²) in [7, 11) is 0.384. The van der Waals surface area contributed by atoms with Crippen LogP contribution in [-0.4, -0.2) is 29.8 Å². The molecule has 68 valence electrons. The Morgan fingerprint density at radius 3 is 1.64 bits per heavy atom. The third kappa shape index (κ3) is 11.0. The molecule has 11 heavy (non-hydrogen) atoms. The first kappa shape index (κ1) is 12.0. The molecule has 0 heterocycles. The zero-order valence-electron chi connectivity index (χ0n) is 7.45. The van der Waals surface area contributed by atoms with E-state index >= 15 is 0 Å². The van der Waals surface area contributed by atoms with Crippen molar-refractivity contribution in [3.05, 3.63) is 0 Å². The van der Waals surface area contributed by atoms with Gasteiger partial charge in [0, 0.05) is 29.8 Å². The Morgan fingerprint density at radius 1 is 1.00 bits per heavy atom. The maximum Gasteiger partial charge on any atom is 0.0279 e. The molecule has 0 radical (unpaired) electrons. The van der Waals surface area contributed by atoms with Crippen molar-refractivity contribution in [2.24, 2.45) is 0 Å². The minimum Gasteiger partial charge on any atom is -0.124 e. The average Bonchev–Trinajstić information content (AvgIpc) is 1.85. The molecule has 4 heteroatoms. The van der Waals surface area contributed by atoms with Crippen LogP contribution in [0.4, 0.5) is 0 Å². The second-order valence-corrected chi connectivity index (χ2v) is 10.1. The lowest BCUT2D eigenvalue weighted by Crippen LogP contribution is -2.05. The fourth-order valence-corrected chi connectivity index (χ4v) is 6.80. The second-order valence-electron chi connectivity index (χ2n) is 3.20. The Hall–Kier alpha value is 1.01. The zero-order valence-corrected chi connectivity index (χ0v) is 11.8. The summed E-state index contributed by atoms with van der Waals surface area (Å²) >= 11 is 11.7. The Balaban J connectivity index is 2.91. The molecule has 0 aliphatic rings. The van der Waals surface area contributed by atoms with E-state index in [2.05, 4.69) is 13.8 Å². The molecule has 0 saturated carbocycles. The van der Waals surface area contributed by atoms with Crippen molar-refractivity contribution < 1.29 is 0 Å². The number of halogens is 2. The van der Waals surface area contributed by atoms with E-state index in [0.717, 1.165) is 0 Å². The molecule has 2 unspecified atom stereocenters.